The third-order valence-corrected chi connectivity index (χ3v) is 4.65. The molecule has 0 saturated carbocycles. The fourth-order valence-corrected chi connectivity index (χ4v) is 3.26. The van der Waals surface area contributed by atoms with E-state index in [1.807, 2.05) is 60.0 Å². The largest absolute Gasteiger partial charge is 0.497 e. The zero-order valence-electron chi connectivity index (χ0n) is 14.7. The molecule has 1 aromatic heterocycles. The number of aromatic nitrogens is 3. The summed E-state index contributed by atoms with van der Waals surface area (Å²) in [7, 11) is 1.60. The maximum atomic E-state index is 12.3. The molecule has 3 aromatic rings. The second kappa shape index (κ2) is 8.53. The number of thioether (sulfide) groups is 1. The maximum absolute atomic E-state index is 12.3. The predicted octanol–water partition coefficient (Wildman–Crippen LogP) is 3.57. The van der Waals surface area contributed by atoms with E-state index in [2.05, 4.69) is 15.5 Å². The average Bonchev–Trinajstić information content (AvgIpc) is 3.10. The van der Waals surface area contributed by atoms with Gasteiger partial charge in [-0.2, -0.15) is 0 Å². The first-order chi connectivity index (χ1) is 12.7. The summed E-state index contributed by atoms with van der Waals surface area (Å²) in [6.45, 7) is 2.04. The van der Waals surface area contributed by atoms with E-state index in [-0.39, 0.29) is 11.7 Å². The third-order valence-electron chi connectivity index (χ3n) is 3.72. The van der Waals surface area contributed by atoms with Gasteiger partial charge >= 0.3 is 0 Å². The molecule has 0 bridgehead atoms. The molecular weight excluding hydrogens is 348 g/mol. The number of amides is 1. The van der Waals surface area contributed by atoms with Crippen LogP contribution >= 0.6 is 11.8 Å². The number of carbonyl (C=O) groups excluding carboxylic acids is 1. The second-order valence-corrected chi connectivity index (χ2v) is 6.43. The molecule has 6 nitrogen and oxygen atoms in total. The van der Waals surface area contributed by atoms with E-state index in [4.69, 9.17) is 4.74 Å². The van der Waals surface area contributed by atoms with Crippen molar-refractivity contribution in [2.75, 3.05) is 18.2 Å². The van der Waals surface area contributed by atoms with Crippen molar-refractivity contribution in [3.05, 3.63) is 60.4 Å². The number of benzene rings is 2. The number of aryl methyl sites for hydroxylation is 1. The molecule has 26 heavy (non-hydrogen) atoms. The summed E-state index contributed by atoms with van der Waals surface area (Å²) in [6.07, 6.45) is 0.762. The van der Waals surface area contributed by atoms with Crippen LogP contribution in [-0.2, 0) is 11.2 Å². The lowest BCUT2D eigenvalue weighted by Gasteiger charge is -2.09. The van der Waals surface area contributed by atoms with Gasteiger partial charge in [-0.05, 0) is 24.3 Å². The van der Waals surface area contributed by atoms with Gasteiger partial charge < -0.3 is 10.1 Å². The maximum Gasteiger partial charge on any atom is 0.234 e. The van der Waals surface area contributed by atoms with E-state index in [0.29, 0.717) is 16.6 Å². The lowest BCUT2D eigenvalue weighted by molar-refractivity contribution is -0.113. The van der Waals surface area contributed by atoms with Crippen LogP contribution in [0, 0.1) is 0 Å². The van der Waals surface area contributed by atoms with Crippen LogP contribution in [0.5, 0.6) is 5.75 Å². The highest BCUT2D eigenvalue weighted by Crippen LogP contribution is 2.23. The fourth-order valence-electron chi connectivity index (χ4n) is 2.49. The monoisotopic (exact) mass is 368 g/mol. The summed E-state index contributed by atoms with van der Waals surface area (Å²) >= 11 is 1.36. The van der Waals surface area contributed by atoms with Crippen LogP contribution in [-0.4, -0.2) is 33.5 Å². The normalized spacial score (nSPS) is 10.5. The van der Waals surface area contributed by atoms with Crippen molar-refractivity contribution >= 4 is 23.4 Å². The standard InChI is InChI=1S/C19H20N4O2S/c1-3-17-21-22-19(23(17)15-9-5-4-6-10-15)26-13-18(24)20-14-8-7-11-16(12-14)25-2/h4-12H,3,13H2,1-2H3,(H,20,24). The number of hydrogen-bond acceptors (Lipinski definition) is 5. The van der Waals surface area contributed by atoms with Crippen molar-refractivity contribution in [1.82, 2.24) is 14.8 Å². The van der Waals surface area contributed by atoms with Gasteiger partial charge in [-0.3, -0.25) is 9.36 Å². The van der Waals surface area contributed by atoms with Gasteiger partial charge in [-0.1, -0.05) is 43.0 Å². The Morgan fingerprint density at radius 3 is 2.69 bits per heavy atom. The summed E-state index contributed by atoms with van der Waals surface area (Å²) in [5.41, 5.74) is 1.69. The molecule has 0 saturated heterocycles. The van der Waals surface area contributed by atoms with Gasteiger partial charge in [0.2, 0.25) is 5.91 Å². The number of ether oxygens (including phenoxy) is 1. The molecule has 0 radical (unpaired) electrons. The number of carbonyl (C=O) groups is 1. The number of nitrogens with one attached hydrogen (secondary N) is 1. The molecule has 2 aromatic carbocycles. The molecule has 0 spiro atoms. The molecule has 0 aliphatic carbocycles. The van der Waals surface area contributed by atoms with Crippen LogP contribution in [0.1, 0.15) is 12.7 Å². The third kappa shape index (κ3) is 4.23. The van der Waals surface area contributed by atoms with Crippen molar-refractivity contribution in [1.29, 1.82) is 0 Å². The number of methoxy groups -OCH3 is 1. The highest BCUT2D eigenvalue weighted by Gasteiger charge is 2.14. The van der Waals surface area contributed by atoms with Crippen molar-refractivity contribution in [2.24, 2.45) is 0 Å². The number of para-hydroxylation sites is 1. The molecular formula is C19H20N4O2S. The molecule has 7 heteroatoms. The van der Waals surface area contributed by atoms with Crippen LogP contribution in [0.15, 0.2) is 59.8 Å². The highest BCUT2D eigenvalue weighted by atomic mass is 32.2. The zero-order chi connectivity index (χ0) is 18.4. The van der Waals surface area contributed by atoms with Gasteiger partial charge in [0.1, 0.15) is 11.6 Å². The van der Waals surface area contributed by atoms with Crippen molar-refractivity contribution in [3.63, 3.8) is 0 Å². The van der Waals surface area contributed by atoms with Crippen molar-refractivity contribution in [2.45, 2.75) is 18.5 Å². The Bertz CT molecular complexity index is 880. The second-order valence-electron chi connectivity index (χ2n) is 5.49. The van der Waals surface area contributed by atoms with E-state index >= 15 is 0 Å². The highest BCUT2D eigenvalue weighted by molar-refractivity contribution is 7.99. The SMILES string of the molecule is CCc1nnc(SCC(=O)Nc2cccc(OC)c2)n1-c1ccccc1. The molecule has 1 heterocycles. The van der Waals surface area contributed by atoms with Crippen LogP contribution < -0.4 is 10.1 Å². The lowest BCUT2D eigenvalue weighted by Crippen LogP contribution is -2.14. The van der Waals surface area contributed by atoms with Gasteiger partial charge in [0.05, 0.1) is 12.9 Å². The van der Waals surface area contributed by atoms with Gasteiger partial charge in [-0.25, -0.2) is 0 Å². The van der Waals surface area contributed by atoms with Crippen molar-refractivity contribution in [3.8, 4) is 11.4 Å². The Morgan fingerprint density at radius 2 is 1.96 bits per heavy atom. The Labute approximate surface area is 156 Å². The first kappa shape index (κ1) is 18.0. The number of rotatable bonds is 7. The van der Waals surface area contributed by atoms with Crippen LogP contribution in [0.25, 0.3) is 5.69 Å². The minimum atomic E-state index is -0.107. The van der Waals surface area contributed by atoms with Gasteiger partial charge in [0, 0.05) is 23.9 Å². The van der Waals surface area contributed by atoms with Crippen LogP contribution in [0.2, 0.25) is 0 Å². The molecule has 1 N–H and O–H groups in total. The zero-order valence-corrected chi connectivity index (χ0v) is 15.5. The quantitative estimate of drug-likeness (QED) is 0.646. The van der Waals surface area contributed by atoms with Crippen LogP contribution in [0.4, 0.5) is 5.69 Å². The predicted molar refractivity (Wildman–Crippen MR) is 103 cm³/mol. The Balaban J connectivity index is 1.70. The Morgan fingerprint density at radius 1 is 1.15 bits per heavy atom. The molecule has 0 aliphatic rings. The molecule has 3 rings (SSSR count). The summed E-state index contributed by atoms with van der Waals surface area (Å²) in [6, 6.07) is 17.2. The Kier molecular flexibility index (Phi) is 5.91. The summed E-state index contributed by atoms with van der Waals surface area (Å²) < 4.78 is 7.16. The summed E-state index contributed by atoms with van der Waals surface area (Å²) in [4.78, 5) is 12.3. The molecule has 0 fully saturated rings. The smallest absolute Gasteiger partial charge is 0.234 e. The van der Waals surface area contributed by atoms with Gasteiger partial charge in [0.25, 0.3) is 0 Å². The van der Waals surface area contributed by atoms with E-state index in [1.165, 1.54) is 11.8 Å². The number of hydrogen-bond donors (Lipinski definition) is 1. The number of nitrogens with zero attached hydrogens (tertiary/aromatic N) is 3. The van der Waals surface area contributed by atoms with Crippen molar-refractivity contribution < 1.29 is 9.53 Å². The first-order valence-electron chi connectivity index (χ1n) is 8.27. The van der Waals surface area contributed by atoms with Gasteiger partial charge in [-0.15, -0.1) is 10.2 Å². The molecule has 0 aliphatic heterocycles. The first-order valence-corrected chi connectivity index (χ1v) is 9.26. The van der Waals surface area contributed by atoms with Crippen LogP contribution in [0.3, 0.4) is 0 Å². The number of anilines is 1. The van der Waals surface area contributed by atoms with E-state index in [1.54, 1.807) is 13.2 Å². The summed E-state index contributed by atoms with van der Waals surface area (Å²) in [5.74, 6) is 1.70. The lowest BCUT2D eigenvalue weighted by atomic mass is 10.3. The molecule has 0 atom stereocenters. The van der Waals surface area contributed by atoms with E-state index in [9.17, 15) is 4.79 Å². The average molecular weight is 368 g/mol. The molecule has 0 unspecified atom stereocenters. The van der Waals surface area contributed by atoms with E-state index < -0.39 is 0 Å². The molecule has 134 valence electrons. The molecule has 1 amide bonds. The topological polar surface area (TPSA) is 69.0 Å². The minimum absolute atomic E-state index is 0.107. The van der Waals surface area contributed by atoms with E-state index in [0.717, 1.165) is 17.9 Å². The fraction of sp³-hybridized carbons (Fsp3) is 0.211. The Hall–Kier alpha value is -2.80. The summed E-state index contributed by atoms with van der Waals surface area (Å²) in [5, 5.41) is 12.1. The minimum Gasteiger partial charge on any atom is -0.497 e. The van der Waals surface area contributed by atoms with Gasteiger partial charge in [0.15, 0.2) is 5.16 Å².